The minimum atomic E-state index is 0.128. The zero-order chi connectivity index (χ0) is 15.2. The first-order chi connectivity index (χ1) is 10.1. The molecule has 0 unspecified atom stereocenters. The second-order valence-corrected chi connectivity index (χ2v) is 6.20. The van der Waals surface area contributed by atoms with E-state index in [1.54, 1.807) is 14.2 Å². The van der Waals surface area contributed by atoms with Gasteiger partial charge < -0.3 is 14.8 Å². The Morgan fingerprint density at radius 1 is 1.24 bits per heavy atom. The van der Waals surface area contributed by atoms with Gasteiger partial charge in [-0.05, 0) is 37.0 Å². The highest BCUT2D eigenvalue weighted by Crippen LogP contribution is 2.33. The lowest BCUT2D eigenvalue weighted by Gasteiger charge is -2.14. The summed E-state index contributed by atoms with van der Waals surface area (Å²) in [7, 11) is 3.22. The van der Waals surface area contributed by atoms with Gasteiger partial charge in [0.1, 0.15) is 0 Å². The first-order valence-corrected chi connectivity index (χ1v) is 8.13. The van der Waals surface area contributed by atoms with Gasteiger partial charge in [0.25, 0.3) is 0 Å². The molecule has 1 N–H and O–H groups in total. The summed E-state index contributed by atoms with van der Waals surface area (Å²) >= 11 is 3.52. The van der Waals surface area contributed by atoms with Crippen molar-refractivity contribution in [2.75, 3.05) is 14.2 Å². The largest absolute Gasteiger partial charge is 0.493 e. The summed E-state index contributed by atoms with van der Waals surface area (Å²) in [6.45, 7) is 0. The molecule has 0 spiro atoms. The number of rotatable bonds is 6. The average molecular weight is 356 g/mol. The highest BCUT2D eigenvalue weighted by atomic mass is 79.9. The van der Waals surface area contributed by atoms with Crippen LogP contribution in [-0.2, 0) is 11.2 Å². The van der Waals surface area contributed by atoms with Crippen LogP contribution in [0, 0.1) is 0 Å². The molecule has 0 bridgehead atoms. The number of carbonyl (C=O) groups is 1. The normalized spacial score (nSPS) is 15.0. The maximum atomic E-state index is 12.0. The first kappa shape index (κ1) is 16.1. The van der Waals surface area contributed by atoms with Crippen molar-refractivity contribution in [1.82, 2.24) is 5.32 Å². The molecule has 116 valence electrons. The molecule has 4 nitrogen and oxygen atoms in total. The van der Waals surface area contributed by atoms with E-state index in [0.29, 0.717) is 30.4 Å². The molecule has 1 saturated carbocycles. The smallest absolute Gasteiger partial charge is 0.220 e. The van der Waals surface area contributed by atoms with Crippen molar-refractivity contribution < 1.29 is 14.3 Å². The highest BCUT2D eigenvalue weighted by molar-refractivity contribution is 9.10. The lowest BCUT2D eigenvalue weighted by molar-refractivity contribution is -0.121. The maximum Gasteiger partial charge on any atom is 0.220 e. The number of hydrogen-bond donors (Lipinski definition) is 1. The van der Waals surface area contributed by atoms with Crippen LogP contribution in [0.2, 0.25) is 0 Å². The molecule has 0 atom stereocenters. The van der Waals surface area contributed by atoms with Crippen LogP contribution in [0.15, 0.2) is 16.6 Å². The predicted octanol–water partition coefficient (Wildman–Crippen LogP) is 3.46. The fourth-order valence-electron chi connectivity index (χ4n) is 2.71. The average Bonchev–Trinajstić information content (AvgIpc) is 2.98. The lowest BCUT2D eigenvalue weighted by Crippen LogP contribution is -2.32. The molecule has 1 amide bonds. The third-order valence-corrected chi connectivity index (χ3v) is 4.63. The van der Waals surface area contributed by atoms with E-state index >= 15 is 0 Å². The second kappa shape index (κ2) is 7.69. The van der Waals surface area contributed by atoms with Crippen LogP contribution >= 0.6 is 15.9 Å². The summed E-state index contributed by atoms with van der Waals surface area (Å²) in [6.07, 6.45) is 5.86. The van der Waals surface area contributed by atoms with E-state index < -0.39 is 0 Å². The number of aryl methyl sites for hydroxylation is 1. The Morgan fingerprint density at radius 2 is 1.86 bits per heavy atom. The molecule has 2 rings (SSSR count). The maximum absolute atomic E-state index is 12.0. The SMILES string of the molecule is COc1cc(Br)c(CCC(=O)NC2CCCC2)cc1OC. The lowest BCUT2D eigenvalue weighted by atomic mass is 10.1. The molecule has 0 radical (unpaired) electrons. The third kappa shape index (κ3) is 4.37. The van der Waals surface area contributed by atoms with Gasteiger partial charge >= 0.3 is 0 Å². The minimum absolute atomic E-state index is 0.128. The van der Waals surface area contributed by atoms with E-state index in [0.717, 1.165) is 22.9 Å². The summed E-state index contributed by atoms with van der Waals surface area (Å²) in [5, 5.41) is 3.11. The van der Waals surface area contributed by atoms with Crippen molar-refractivity contribution >= 4 is 21.8 Å². The number of carbonyl (C=O) groups excluding carboxylic acids is 1. The molecule has 1 aromatic carbocycles. The van der Waals surface area contributed by atoms with Gasteiger partial charge in [0.15, 0.2) is 11.5 Å². The van der Waals surface area contributed by atoms with Crippen LogP contribution in [0.5, 0.6) is 11.5 Å². The van der Waals surface area contributed by atoms with E-state index in [2.05, 4.69) is 21.2 Å². The molecule has 1 aliphatic carbocycles. The van der Waals surface area contributed by atoms with Crippen molar-refractivity contribution in [2.45, 2.75) is 44.6 Å². The van der Waals surface area contributed by atoms with E-state index in [4.69, 9.17) is 9.47 Å². The van der Waals surface area contributed by atoms with E-state index in [1.807, 2.05) is 12.1 Å². The van der Waals surface area contributed by atoms with Crippen molar-refractivity contribution in [1.29, 1.82) is 0 Å². The number of nitrogens with one attached hydrogen (secondary N) is 1. The van der Waals surface area contributed by atoms with Crippen LogP contribution in [-0.4, -0.2) is 26.2 Å². The molecule has 0 saturated heterocycles. The number of benzene rings is 1. The summed E-state index contributed by atoms with van der Waals surface area (Å²) in [5.74, 6) is 1.50. The molecule has 1 fully saturated rings. The van der Waals surface area contributed by atoms with Crippen LogP contribution in [0.4, 0.5) is 0 Å². The fraction of sp³-hybridized carbons (Fsp3) is 0.562. The Bertz CT molecular complexity index is 499. The topological polar surface area (TPSA) is 47.6 Å². The first-order valence-electron chi connectivity index (χ1n) is 7.33. The summed E-state index contributed by atoms with van der Waals surface area (Å²) in [4.78, 5) is 12.0. The fourth-order valence-corrected chi connectivity index (χ4v) is 3.23. The van der Waals surface area contributed by atoms with Gasteiger partial charge in [0.05, 0.1) is 14.2 Å². The zero-order valence-corrected chi connectivity index (χ0v) is 14.2. The molecule has 0 aromatic heterocycles. The molecular weight excluding hydrogens is 334 g/mol. The Morgan fingerprint density at radius 3 is 2.48 bits per heavy atom. The highest BCUT2D eigenvalue weighted by Gasteiger charge is 2.17. The number of amides is 1. The third-order valence-electron chi connectivity index (χ3n) is 3.89. The molecule has 0 aliphatic heterocycles. The molecule has 0 heterocycles. The van der Waals surface area contributed by atoms with Crippen molar-refractivity contribution in [3.63, 3.8) is 0 Å². The van der Waals surface area contributed by atoms with Crippen molar-refractivity contribution in [2.24, 2.45) is 0 Å². The van der Waals surface area contributed by atoms with E-state index in [-0.39, 0.29) is 5.91 Å². The molecule has 5 heteroatoms. The van der Waals surface area contributed by atoms with Crippen LogP contribution in [0.25, 0.3) is 0 Å². The van der Waals surface area contributed by atoms with Crippen molar-refractivity contribution in [3.8, 4) is 11.5 Å². The Balaban J connectivity index is 1.94. The number of hydrogen-bond acceptors (Lipinski definition) is 3. The summed E-state index contributed by atoms with van der Waals surface area (Å²) in [6, 6.07) is 4.18. The Kier molecular flexibility index (Phi) is 5.91. The van der Waals surface area contributed by atoms with Gasteiger partial charge in [-0.15, -0.1) is 0 Å². The monoisotopic (exact) mass is 355 g/mol. The number of halogens is 1. The second-order valence-electron chi connectivity index (χ2n) is 5.35. The van der Waals surface area contributed by atoms with Gasteiger partial charge in [-0.1, -0.05) is 28.8 Å². The molecule has 1 aromatic rings. The number of methoxy groups -OCH3 is 2. The van der Waals surface area contributed by atoms with Gasteiger partial charge in [-0.25, -0.2) is 0 Å². The summed E-state index contributed by atoms with van der Waals surface area (Å²) in [5.41, 5.74) is 1.05. The zero-order valence-electron chi connectivity index (χ0n) is 12.6. The quantitative estimate of drug-likeness (QED) is 0.849. The molecule has 21 heavy (non-hydrogen) atoms. The standard InChI is InChI=1S/C16H22BrNO3/c1-20-14-9-11(13(17)10-15(14)21-2)7-8-16(19)18-12-5-3-4-6-12/h9-10,12H,3-8H2,1-2H3,(H,18,19). The minimum Gasteiger partial charge on any atom is -0.493 e. The van der Waals surface area contributed by atoms with E-state index in [1.165, 1.54) is 12.8 Å². The summed E-state index contributed by atoms with van der Waals surface area (Å²) < 4.78 is 11.5. The van der Waals surface area contributed by atoms with Crippen molar-refractivity contribution in [3.05, 3.63) is 22.2 Å². The Hall–Kier alpha value is -1.23. The predicted molar refractivity (Wildman–Crippen MR) is 86.0 cm³/mol. The van der Waals surface area contributed by atoms with E-state index in [9.17, 15) is 4.79 Å². The molecule has 1 aliphatic rings. The van der Waals surface area contributed by atoms with Crippen LogP contribution < -0.4 is 14.8 Å². The molecular formula is C16H22BrNO3. The number of ether oxygens (including phenoxy) is 2. The van der Waals surface area contributed by atoms with Gasteiger partial charge in [0.2, 0.25) is 5.91 Å². The van der Waals surface area contributed by atoms with Gasteiger partial charge in [0, 0.05) is 16.9 Å². The van der Waals surface area contributed by atoms with Crippen LogP contribution in [0.3, 0.4) is 0 Å². The van der Waals surface area contributed by atoms with Gasteiger partial charge in [-0.3, -0.25) is 4.79 Å². The Labute approximate surface area is 134 Å². The van der Waals surface area contributed by atoms with Gasteiger partial charge in [-0.2, -0.15) is 0 Å². The van der Waals surface area contributed by atoms with Crippen LogP contribution in [0.1, 0.15) is 37.7 Å².